The average Bonchev–Trinajstić information content (AvgIpc) is 3.90. The molecule has 18 nitrogen and oxygen atoms in total. The molecule has 1 atom stereocenters. The largest absolute Gasteiger partial charge is 0.372 e. The average molecular weight is 1000 g/mol. The molecule has 0 bridgehead atoms. The third-order valence-electron chi connectivity index (χ3n) is 15.3. The zero-order valence-corrected chi connectivity index (χ0v) is 40.6. The molecule has 0 radical (unpaired) electrons. The van der Waals surface area contributed by atoms with Crippen LogP contribution in [0.25, 0.3) is 11.2 Å². The van der Waals surface area contributed by atoms with Crippen molar-refractivity contribution in [2.75, 3.05) is 74.0 Å². The van der Waals surface area contributed by atoms with Crippen molar-refractivity contribution in [1.82, 2.24) is 44.9 Å². The number of piperazine rings is 1. The van der Waals surface area contributed by atoms with Crippen molar-refractivity contribution in [2.24, 2.45) is 11.8 Å². The van der Waals surface area contributed by atoms with Gasteiger partial charge in [0.05, 0.1) is 33.1 Å². The van der Waals surface area contributed by atoms with Gasteiger partial charge in [0.15, 0.2) is 17.0 Å². The predicted molar refractivity (Wildman–Crippen MR) is 267 cm³/mol. The number of amides is 6. The van der Waals surface area contributed by atoms with Crippen LogP contribution in [0.4, 0.5) is 22.9 Å². The molecule has 1 saturated carbocycles. The first-order valence-corrected chi connectivity index (χ1v) is 25.4. The molecule has 6 amide bonds. The van der Waals surface area contributed by atoms with Gasteiger partial charge in [-0.05, 0) is 105 Å². The Kier molecular flexibility index (Phi) is 12.9. The molecule has 71 heavy (non-hydrogen) atoms. The zero-order valence-electron chi connectivity index (χ0n) is 39.1. The summed E-state index contributed by atoms with van der Waals surface area (Å²) in [6.07, 6.45) is 8.60. The van der Waals surface area contributed by atoms with E-state index >= 15 is 0 Å². The standard InChI is InChI=1S/C51H54Cl2N12O6/c52-39-2-1-3-40(53)43(39)48(68)58-33-24-36(25-33)64-29-56-44-45(54-28-55-46(44)64)57-32-4-6-34(7-5-32)61-16-12-30(13-17-61)27-60-20-22-63(23-21-60)49(69)31-14-18-62(19-15-31)35-8-9-37-38(26-35)51(71)65(50(37)70)41-10-11-42(66)59-47(41)67/h1-9,26,28-31,33,36,41H,10-25,27H2,(H,58,68)(H,54,55,57)(H,59,66,67)/t33?,36?,41-/m0/s1. The Hall–Kier alpha value is -6.63. The smallest absolute Gasteiger partial charge is 0.262 e. The fourth-order valence-electron chi connectivity index (χ4n) is 11.2. The molecule has 0 spiro atoms. The van der Waals surface area contributed by atoms with Gasteiger partial charge in [-0.15, -0.1) is 0 Å². The number of piperidine rings is 3. The minimum absolute atomic E-state index is 0.0186. The maximum Gasteiger partial charge on any atom is 0.262 e. The molecular formula is C51H54Cl2N12O6. The monoisotopic (exact) mass is 1000 g/mol. The summed E-state index contributed by atoms with van der Waals surface area (Å²) in [5.74, 6) is -0.956. The van der Waals surface area contributed by atoms with Crippen molar-refractivity contribution >= 4 is 92.7 Å². The van der Waals surface area contributed by atoms with E-state index in [4.69, 9.17) is 23.2 Å². The van der Waals surface area contributed by atoms with Gasteiger partial charge in [-0.3, -0.25) is 43.9 Å². The first-order chi connectivity index (χ1) is 34.4. The molecule has 5 aromatic rings. The third-order valence-corrected chi connectivity index (χ3v) is 16.0. The number of imide groups is 2. The van der Waals surface area contributed by atoms with Gasteiger partial charge in [0, 0.05) is 100 Å². The second-order valence-electron chi connectivity index (χ2n) is 19.6. The van der Waals surface area contributed by atoms with Gasteiger partial charge in [0.25, 0.3) is 17.7 Å². The minimum atomic E-state index is -1.00. The molecular weight excluding hydrogens is 948 g/mol. The van der Waals surface area contributed by atoms with Crippen LogP contribution in [0.2, 0.25) is 10.0 Å². The summed E-state index contributed by atoms with van der Waals surface area (Å²) in [7, 11) is 0. The second kappa shape index (κ2) is 19.5. The number of aromatic nitrogens is 4. The van der Waals surface area contributed by atoms with Gasteiger partial charge in [0.1, 0.15) is 12.4 Å². The van der Waals surface area contributed by atoms with Crippen molar-refractivity contribution in [2.45, 2.75) is 69.5 Å². The number of halogens is 2. The van der Waals surface area contributed by atoms with Crippen LogP contribution < -0.4 is 25.8 Å². The van der Waals surface area contributed by atoms with E-state index in [-0.39, 0.29) is 53.8 Å². The normalized spacial score (nSPS) is 22.4. The Labute approximate surface area is 420 Å². The van der Waals surface area contributed by atoms with Gasteiger partial charge in [-0.2, -0.15) is 0 Å². The molecule has 7 heterocycles. The first-order valence-electron chi connectivity index (χ1n) is 24.6. The molecule has 5 fully saturated rings. The lowest BCUT2D eigenvalue weighted by molar-refractivity contribution is -0.138. The Morgan fingerprint density at radius 3 is 2.13 bits per heavy atom. The molecule has 11 rings (SSSR count). The number of carbonyl (C=O) groups excluding carboxylic acids is 6. The summed E-state index contributed by atoms with van der Waals surface area (Å²) < 4.78 is 2.05. The summed E-state index contributed by atoms with van der Waals surface area (Å²) >= 11 is 12.5. The van der Waals surface area contributed by atoms with E-state index in [9.17, 15) is 28.8 Å². The minimum Gasteiger partial charge on any atom is -0.372 e. The number of imidazole rings is 1. The van der Waals surface area contributed by atoms with E-state index in [2.05, 4.69) is 69.9 Å². The van der Waals surface area contributed by atoms with Gasteiger partial charge in [0.2, 0.25) is 17.7 Å². The van der Waals surface area contributed by atoms with Crippen LogP contribution in [0.1, 0.15) is 88.5 Å². The molecule has 1 aliphatic carbocycles. The van der Waals surface area contributed by atoms with Crippen molar-refractivity contribution in [3.05, 3.63) is 100 Å². The van der Waals surface area contributed by atoms with E-state index in [1.165, 1.54) is 5.69 Å². The van der Waals surface area contributed by atoms with Crippen LogP contribution in [0.15, 0.2) is 73.3 Å². The number of carbonyl (C=O) groups is 6. The topological polar surface area (TPSA) is 198 Å². The van der Waals surface area contributed by atoms with Crippen molar-refractivity contribution in [1.29, 1.82) is 0 Å². The molecule has 2 aromatic heterocycles. The van der Waals surface area contributed by atoms with Crippen LogP contribution in [0.3, 0.4) is 0 Å². The van der Waals surface area contributed by atoms with Gasteiger partial charge in [-0.1, -0.05) is 29.3 Å². The van der Waals surface area contributed by atoms with E-state index in [1.807, 2.05) is 15.5 Å². The number of fused-ring (bicyclic) bond motifs is 2. The van der Waals surface area contributed by atoms with Crippen molar-refractivity contribution in [3.63, 3.8) is 0 Å². The predicted octanol–water partition coefficient (Wildman–Crippen LogP) is 5.69. The number of anilines is 4. The van der Waals surface area contributed by atoms with E-state index < -0.39 is 29.7 Å². The lowest BCUT2D eigenvalue weighted by Crippen LogP contribution is -2.54. The van der Waals surface area contributed by atoms with E-state index in [0.717, 1.165) is 93.4 Å². The fourth-order valence-corrected chi connectivity index (χ4v) is 11.8. The zero-order chi connectivity index (χ0) is 48.9. The second-order valence-corrected chi connectivity index (χ2v) is 20.4. The number of rotatable bonds is 11. The van der Waals surface area contributed by atoms with Crippen molar-refractivity contribution < 1.29 is 28.8 Å². The highest BCUT2D eigenvalue weighted by Gasteiger charge is 2.45. The van der Waals surface area contributed by atoms with Crippen LogP contribution in [-0.2, 0) is 14.4 Å². The molecule has 368 valence electrons. The quantitative estimate of drug-likeness (QED) is 0.137. The van der Waals surface area contributed by atoms with E-state index in [1.54, 1.807) is 43.0 Å². The van der Waals surface area contributed by atoms with Crippen LogP contribution in [-0.4, -0.2) is 141 Å². The number of nitrogens with one attached hydrogen (secondary N) is 3. The summed E-state index contributed by atoms with van der Waals surface area (Å²) in [6.45, 7) is 7.53. The van der Waals surface area contributed by atoms with Gasteiger partial charge >= 0.3 is 0 Å². The van der Waals surface area contributed by atoms with Crippen LogP contribution >= 0.6 is 23.2 Å². The third kappa shape index (κ3) is 9.28. The fraction of sp³-hybridized carbons (Fsp3) is 0.431. The lowest BCUT2D eigenvalue weighted by atomic mass is 9.86. The highest BCUT2D eigenvalue weighted by atomic mass is 35.5. The van der Waals surface area contributed by atoms with Crippen LogP contribution in [0, 0.1) is 11.8 Å². The molecule has 3 N–H and O–H groups in total. The summed E-state index contributed by atoms with van der Waals surface area (Å²) in [5.41, 5.74) is 5.13. The van der Waals surface area contributed by atoms with E-state index in [0.29, 0.717) is 58.8 Å². The Bertz CT molecular complexity index is 2900. The molecule has 4 saturated heterocycles. The molecule has 0 unspecified atom stereocenters. The number of benzene rings is 3. The van der Waals surface area contributed by atoms with Crippen molar-refractivity contribution in [3.8, 4) is 0 Å². The van der Waals surface area contributed by atoms with Gasteiger partial charge in [-0.25, -0.2) is 15.0 Å². The molecule has 5 aliphatic heterocycles. The summed E-state index contributed by atoms with van der Waals surface area (Å²) in [4.78, 5) is 101. The Morgan fingerprint density at radius 2 is 1.41 bits per heavy atom. The molecule has 3 aromatic carbocycles. The Morgan fingerprint density at radius 1 is 0.732 bits per heavy atom. The highest BCUT2D eigenvalue weighted by Crippen LogP contribution is 2.37. The number of hydrogen-bond donors (Lipinski definition) is 3. The summed E-state index contributed by atoms with van der Waals surface area (Å²) in [6, 6.07) is 17.8. The Balaban J connectivity index is 0.603. The first kappa shape index (κ1) is 46.7. The number of nitrogens with zero attached hydrogens (tertiary/aromatic N) is 9. The molecule has 20 heteroatoms. The SMILES string of the molecule is O=C1CC[C@H](N2C(=O)c3ccc(N4CCC(C(=O)N5CCN(CC6CCN(c7ccc(Nc8ncnc9c8ncn9C8CC(NC(=O)c9c(Cl)cccc9Cl)C8)cc7)CC6)CC5)CC4)cc3C2=O)C(=O)N1. The maximum absolute atomic E-state index is 13.7. The highest BCUT2D eigenvalue weighted by molar-refractivity contribution is 6.39. The van der Waals surface area contributed by atoms with Crippen LogP contribution in [0.5, 0.6) is 0 Å². The summed E-state index contributed by atoms with van der Waals surface area (Å²) in [5, 5.41) is 9.38. The number of hydrogen-bond acceptors (Lipinski definition) is 13. The van der Waals surface area contributed by atoms with Gasteiger partial charge < -0.3 is 29.9 Å². The maximum atomic E-state index is 13.7. The molecule has 6 aliphatic rings. The lowest BCUT2D eigenvalue weighted by Gasteiger charge is -2.41.